The molecule has 154 valence electrons. The van der Waals surface area contributed by atoms with Gasteiger partial charge in [-0.3, -0.25) is 14.9 Å². The number of likely N-dealkylation sites (N-methyl/N-ethyl adjacent to an activating group) is 1. The van der Waals surface area contributed by atoms with Crippen molar-refractivity contribution in [2.24, 2.45) is 0 Å². The molecular formula is C21H25ClN4O2S. The smallest absolute Gasteiger partial charge is 0.258 e. The average molecular weight is 433 g/mol. The first-order chi connectivity index (χ1) is 13.9. The quantitative estimate of drug-likeness (QED) is 0.556. The molecular weight excluding hydrogens is 408 g/mol. The second-order valence-electron chi connectivity index (χ2n) is 6.25. The van der Waals surface area contributed by atoms with E-state index >= 15 is 0 Å². The molecule has 0 radical (unpaired) electrons. The van der Waals surface area contributed by atoms with Crippen molar-refractivity contribution in [2.45, 2.75) is 13.8 Å². The van der Waals surface area contributed by atoms with E-state index in [-0.39, 0.29) is 11.0 Å². The molecule has 0 unspecified atom stereocenters. The fraction of sp³-hybridized carbons (Fsp3) is 0.286. The third-order valence-electron chi connectivity index (χ3n) is 4.36. The van der Waals surface area contributed by atoms with Crippen molar-refractivity contribution in [3.63, 3.8) is 0 Å². The van der Waals surface area contributed by atoms with Gasteiger partial charge in [0.15, 0.2) is 5.11 Å². The Bertz CT molecular complexity index is 854. The molecule has 3 N–H and O–H groups in total. The monoisotopic (exact) mass is 432 g/mol. The number of amides is 2. The van der Waals surface area contributed by atoms with Crippen LogP contribution in [-0.4, -0.2) is 48.0 Å². The largest absolute Gasteiger partial charge is 0.351 e. The van der Waals surface area contributed by atoms with Crippen molar-refractivity contribution in [1.82, 2.24) is 15.5 Å². The minimum Gasteiger partial charge on any atom is -0.351 e. The van der Waals surface area contributed by atoms with Gasteiger partial charge < -0.3 is 15.5 Å². The van der Waals surface area contributed by atoms with E-state index in [1.165, 1.54) is 0 Å². The molecule has 0 atom stereocenters. The number of hydrogen-bond acceptors (Lipinski definition) is 4. The molecule has 8 heteroatoms. The van der Waals surface area contributed by atoms with E-state index in [0.717, 1.165) is 19.6 Å². The lowest BCUT2D eigenvalue weighted by Gasteiger charge is -2.18. The van der Waals surface area contributed by atoms with Gasteiger partial charge in [-0.15, -0.1) is 0 Å². The second-order valence-corrected chi connectivity index (χ2v) is 7.06. The zero-order valence-corrected chi connectivity index (χ0v) is 18.1. The maximum Gasteiger partial charge on any atom is 0.258 e. The van der Waals surface area contributed by atoms with Crippen molar-refractivity contribution in [1.29, 1.82) is 0 Å². The fourth-order valence-corrected chi connectivity index (χ4v) is 3.08. The molecule has 6 nitrogen and oxygen atoms in total. The molecule has 2 amide bonds. The van der Waals surface area contributed by atoms with E-state index in [4.69, 9.17) is 23.8 Å². The molecule has 0 aliphatic rings. The van der Waals surface area contributed by atoms with Crippen LogP contribution in [0.5, 0.6) is 0 Å². The summed E-state index contributed by atoms with van der Waals surface area (Å²) >= 11 is 11.2. The highest BCUT2D eigenvalue weighted by Gasteiger charge is 2.11. The first-order valence-corrected chi connectivity index (χ1v) is 10.2. The van der Waals surface area contributed by atoms with Gasteiger partial charge in [0, 0.05) is 24.3 Å². The second kappa shape index (κ2) is 11.5. The van der Waals surface area contributed by atoms with Gasteiger partial charge in [-0.25, -0.2) is 0 Å². The van der Waals surface area contributed by atoms with Gasteiger partial charge in [0.05, 0.1) is 10.6 Å². The lowest BCUT2D eigenvalue weighted by atomic mass is 10.2. The number of anilines is 1. The lowest BCUT2D eigenvalue weighted by Crippen LogP contribution is -2.35. The molecule has 0 fully saturated rings. The fourth-order valence-electron chi connectivity index (χ4n) is 2.65. The van der Waals surface area contributed by atoms with Crippen LogP contribution < -0.4 is 16.0 Å². The van der Waals surface area contributed by atoms with Crippen molar-refractivity contribution in [2.75, 3.05) is 31.5 Å². The normalized spacial score (nSPS) is 10.5. The van der Waals surface area contributed by atoms with Crippen LogP contribution >= 0.6 is 23.8 Å². The zero-order chi connectivity index (χ0) is 21.2. The average Bonchev–Trinajstić information content (AvgIpc) is 2.71. The predicted octanol–water partition coefficient (Wildman–Crippen LogP) is 3.54. The van der Waals surface area contributed by atoms with Crippen molar-refractivity contribution >= 4 is 46.4 Å². The van der Waals surface area contributed by atoms with Crippen LogP contribution in [0.1, 0.15) is 34.6 Å². The van der Waals surface area contributed by atoms with Gasteiger partial charge in [-0.05, 0) is 61.7 Å². The summed E-state index contributed by atoms with van der Waals surface area (Å²) in [4.78, 5) is 26.7. The zero-order valence-electron chi connectivity index (χ0n) is 16.5. The van der Waals surface area contributed by atoms with E-state index < -0.39 is 5.91 Å². The molecule has 0 spiro atoms. The van der Waals surface area contributed by atoms with E-state index in [1.807, 2.05) is 0 Å². The summed E-state index contributed by atoms with van der Waals surface area (Å²) in [6.45, 7) is 7.52. The topological polar surface area (TPSA) is 73.5 Å². The third-order valence-corrected chi connectivity index (χ3v) is 4.89. The number of thiocarbonyl (C=S) groups is 1. The van der Waals surface area contributed by atoms with E-state index in [1.54, 1.807) is 48.5 Å². The van der Waals surface area contributed by atoms with E-state index in [9.17, 15) is 9.59 Å². The molecule has 0 saturated carbocycles. The van der Waals surface area contributed by atoms with Crippen LogP contribution in [0, 0.1) is 0 Å². The number of hydrogen-bond donors (Lipinski definition) is 3. The summed E-state index contributed by atoms with van der Waals surface area (Å²) in [5, 5.41) is 8.91. The molecule has 0 saturated heterocycles. The Morgan fingerprint density at radius 1 is 1.00 bits per heavy atom. The molecule has 2 aromatic carbocycles. The number of nitrogens with zero attached hydrogens (tertiary/aromatic N) is 1. The summed E-state index contributed by atoms with van der Waals surface area (Å²) in [7, 11) is 0. The maximum atomic E-state index is 12.2. The molecule has 0 aromatic heterocycles. The van der Waals surface area contributed by atoms with Crippen molar-refractivity contribution in [3.8, 4) is 0 Å². The molecule has 0 aliphatic carbocycles. The summed E-state index contributed by atoms with van der Waals surface area (Å²) in [6, 6.07) is 13.6. The highest BCUT2D eigenvalue weighted by atomic mass is 35.5. The Labute approximate surface area is 181 Å². The molecule has 0 aliphatic heterocycles. The number of rotatable bonds is 8. The standard InChI is InChI=1S/C21H25ClN4O2S/c1-3-26(4-2)14-13-23-19(27)15-9-11-16(12-10-15)24-21(29)25-20(28)17-7-5-6-8-18(17)22/h5-12H,3-4,13-14H2,1-2H3,(H,23,27)(H2,24,25,28,29). The first kappa shape index (κ1) is 22.8. The summed E-state index contributed by atoms with van der Waals surface area (Å²) in [5.41, 5.74) is 1.56. The minimum absolute atomic E-state index is 0.127. The Hall–Kier alpha value is -2.48. The van der Waals surface area contributed by atoms with Crippen LogP contribution in [0.2, 0.25) is 5.02 Å². The lowest BCUT2D eigenvalue weighted by molar-refractivity contribution is 0.0947. The molecule has 0 bridgehead atoms. The Morgan fingerprint density at radius 3 is 2.28 bits per heavy atom. The number of carbonyl (C=O) groups is 2. The molecule has 0 heterocycles. The highest BCUT2D eigenvalue weighted by molar-refractivity contribution is 7.80. The van der Waals surface area contributed by atoms with Crippen molar-refractivity contribution < 1.29 is 9.59 Å². The van der Waals surface area contributed by atoms with Crippen molar-refractivity contribution in [3.05, 3.63) is 64.7 Å². The van der Waals surface area contributed by atoms with Gasteiger partial charge in [0.25, 0.3) is 11.8 Å². The van der Waals surface area contributed by atoms with Gasteiger partial charge >= 0.3 is 0 Å². The van der Waals surface area contributed by atoms with E-state index in [0.29, 0.717) is 28.4 Å². The van der Waals surface area contributed by atoms with E-state index in [2.05, 4.69) is 34.7 Å². The Morgan fingerprint density at radius 2 is 1.66 bits per heavy atom. The maximum absolute atomic E-state index is 12.2. The molecule has 29 heavy (non-hydrogen) atoms. The summed E-state index contributed by atoms with van der Waals surface area (Å²) < 4.78 is 0. The van der Waals surface area contributed by atoms with Crippen LogP contribution in [0.3, 0.4) is 0 Å². The predicted molar refractivity (Wildman–Crippen MR) is 122 cm³/mol. The molecule has 2 rings (SSSR count). The third kappa shape index (κ3) is 7.12. The van der Waals surface area contributed by atoms with Gasteiger partial charge in [0.1, 0.15) is 0 Å². The number of benzene rings is 2. The van der Waals surface area contributed by atoms with Gasteiger partial charge in [-0.2, -0.15) is 0 Å². The first-order valence-electron chi connectivity index (χ1n) is 9.42. The van der Waals surface area contributed by atoms with Crippen LogP contribution in [0.15, 0.2) is 48.5 Å². The number of halogens is 1. The van der Waals surface area contributed by atoms with Gasteiger partial charge in [0.2, 0.25) is 0 Å². The Kier molecular flexibility index (Phi) is 9.05. The Balaban J connectivity index is 1.85. The summed E-state index contributed by atoms with van der Waals surface area (Å²) in [5.74, 6) is -0.518. The summed E-state index contributed by atoms with van der Waals surface area (Å²) in [6.07, 6.45) is 0. The molecule has 2 aromatic rings. The number of nitrogens with one attached hydrogen (secondary N) is 3. The van der Waals surface area contributed by atoms with Crippen LogP contribution in [0.25, 0.3) is 0 Å². The minimum atomic E-state index is -0.391. The van der Waals surface area contributed by atoms with Crippen LogP contribution in [0.4, 0.5) is 5.69 Å². The SMILES string of the molecule is CCN(CC)CCNC(=O)c1ccc(NC(=S)NC(=O)c2ccccc2Cl)cc1. The van der Waals surface area contributed by atoms with Gasteiger partial charge in [-0.1, -0.05) is 37.6 Å². The highest BCUT2D eigenvalue weighted by Crippen LogP contribution is 2.15. The van der Waals surface area contributed by atoms with Crippen LogP contribution in [-0.2, 0) is 0 Å². The number of carbonyl (C=O) groups excluding carboxylic acids is 2.